The summed E-state index contributed by atoms with van der Waals surface area (Å²) >= 11 is 0. The Balaban J connectivity index is 3.02. The van der Waals surface area contributed by atoms with Crippen LogP contribution in [-0.4, -0.2) is 47.6 Å². The Morgan fingerprint density at radius 3 is 2.39 bits per heavy atom. The third-order valence-electron chi connectivity index (χ3n) is 3.40. The Morgan fingerprint density at radius 1 is 1.39 bits per heavy atom. The van der Waals surface area contributed by atoms with Crippen LogP contribution < -0.4 is 5.32 Å². The van der Waals surface area contributed by atoms with Crippen LogP contribution in [0.5, 0.6) is 0 Å². The van der Waals surface area contributed by atoms with Crippen molar-refractivity contribution in [1.29, 1.82) is 0 Å². The second kappa shape index (κ2) is 4.88. The summed E-state index contributed by atoms with van der Waals surface area (Å²) in [7, 11) is 1.61. The van der Waals surface area contributed by atoms with Crippen molar-refractivity contribution in [3.05, 3.63) is 0 Å². The fraction of sp³-hybridized carbons (Fsp3) is 0.846. The van der Waals surface area contributed by atoms with E-state index in [-0.39, 0.29) is 11.8 Å². The van der Waals surface area contributed by atoms with Crippen LogP contribution in [0.3, 0.4) is 0 Å². The number of hydrogen-bond donors (Lipinski definition) is 1. The van der Waals surface area contributed by atoms with Crippen LogP contribution in [0, 0.1) is 0 Å². The lowest BCUT2D eigenvalue weighted by Crippen LogP contribution is -2.69. The van der Waals surface area contributed by atoms with Gasteiger partial charge in [0.05, 0.1) is 12.1 Å². The van der Waals surface area contributed by atoms with Gasteiger partial charge >= 0.3 is 0 Å². The molecule has 104 valence electrons. The molecule has 0 aromatic rings. The van der Waals surface area contributed by atoms with Gasteiger partial charge in [0.2, 0.25) is 11.8 Å². The Kier molecular flexibility index (Phi) is 4.05. The van der Waals surface area contributed by atoms with Crippen LogP contribution in [0.2, 0.25) is 0 Å². The summed E-state index contributed by atoms with van der Waals surface area (Å²) in [6.07, 6.45) is 0.605. The smallest absolute Gasteiger partial charge is 0.248 e. The maximum absolute atomic E-state index is 12.4. The Bertz CT molecular complexity index is 350. The zero-order chi connectivity index (χ0) is 14.1. The van der Waals surface area contributed by atoms with E-state index in [1.807, 2.05) is 20.8 Å². The molecule has 0 spiro atoms. The first-order valence-electron chi connectivity index (χ1n) is 6.33. The van der Waals surface area contributed by atoms with Gasteiger partial charge in [0.25, 0.3) is 0 Å². The molecule has 1 heterocycles. The largest absolute Gasteiger partial charge is 0.377 e. The number of carbonyl (C=O) groups excluding carboxylic acids is 2. The standard InChI is InChI=1S/C13H24N2O3/c1-7-9-10(16)14-13(4,5)11(17)15(9)8-12(2,3)18-6/h9H,7-8H2,1-6H3,(H,14,16). The number of nitrogens with one attached hydrogen (secondary N) is 1. The molecule has 0 saturated carbocycles. The topological polar surface area (TPSA) is 58.6 Å². The zero-order valence-electron chi connectivity index (χ0n) is 12.2. The van der Waals surface area contributed by atoms with Crippen molar-refractivity contribution in [3.8, 4) is 0 Å². The van der Waals surface area contributed by atoms with Gasteiger partial charge in [0, 0.05) is 7.11 Å². The number of hydrogen-bond acceptors (Lipinski definition) is 3. The maximum atomic E-state index is 12.4. The van der Waals surface area contributed by atoms with E-state index in [9.17, 15) is 9.59 Å². The highest BCUT2D eigenvalue weighted by atomic mass is 16.5. The molecule has 2 amide bonds. The Morgan fingerprint density at radius 2 is 1.94 bits per heavy atom. The predicted molar refractivity (Wildman–Crippen MR) is 69.1 cm³/mol. The summed E-state index contributed by atoms with van der Waals surface area (Å²) < 4.78 is 5.36. The normalized spacial score (nSPS) is 24.1. The molecule has 0 radical (unpaired) electrons. The van der Waals surface area contributed by atoms with Crippen LogP contribution in [0.15, 0.2) is 0 Å². The fourth-order valence-electron chi connectivity index (χ4n) is 2.15. The summed E-state index contributed by atoms with van der Waals surface area (Å²) in [4.78, 5) is 26.1. The fourth-order valence-corrected chi connectivity index (χ4v) is 2.15. The number of amides is 2. The molecule has 1 aliphatic heterocycles. The highest BCUT2D eigenvalue weighted by Gasteiger charge is 2.45. The molecule has 1 saturated heterocycles. The highest BCUT2D eigenvalue weighted by Crippen LogP contribution is 2.23. The number of carbonyl (C=O) groups is 2. The molecule has 1 fully saturated rings. The minimum Gasteiger partial charge on any atom is -0.377 e. The Hall–Kier alpha value is -1.10. The van der Waals surface area contributed by atoms with E-state index in [0.29, 0.717) is 13.0 Å². The van der Waals surface area contributed by atoms with Crippen LogP contribution in [0.1, 0.15) is 41.0 Å². The van der Waals surface area contributed by atoms with E-state index in [1.165, 1.54) is 0 Å². The molecule has 0 aromatic carbocycles. The highest BCUT2D eigenvalue weighted by molar-refractivity contribution is 5.99. The summed E-state index contributed by atoms with van der Waals surface area (Å²) in [5.74, 6) is -0.145. The van der Waals surface area contributed by atoms with Gasteiger partial charge in [-0.15, -0.1) is 0 Å². The van der Waals surface area contributed by atoms with Crippen molar-refractivity contribution < 1.29 is 14.3 Å². The first-order valence-corrected chi connectivity index (χ1v) is 6.33. The molecule has 5 heteroatoms. The first-order chi connectivity index (χ1) is 8.14. The quantitative estimate of drug-likeness (QED) is 0.814. The summed E-state index contributed by atoms with van der Waals surface area (Å²) in [6, 6.07) is -0.403. The van der Waals surface area contributed by atoms with Crippen molar-refractivity contribution in [2.24, 2.45) is 0 Å². The lowest BCUT2D eigenvalue weighted by molar-refractivity contribution is -0.157. The minimum absolute atomic E-state index is 0.0564. The van der Waals surface area contributed by atoms with E-state index < -0.39 is 17.2 Å². The molecule has 0 bridgehead atoms. The summed E-state index contributed by atoms with van der Waals surface area (Å²) in [6.45, 7) is 9.59. The van der Waals surface area contributed by atoms with Gasteiger partial charge in [0.15, 0.2) is 0 Å². The van der Waals surface area contributed by atoms with Crippen molar-refractivity contribution in [2.45, 2.75) is 58.2 Å². The van der Waals surface area contributed by atoms with Gasteiger partial charge < -0.3 is 15.0 Å². The van der Waals surface area contributed by atoms with Crippen molar-refractivity contribution in [1.82, 2.24) is 10.2 Å². The molecule has 5 nitrogen and oxygen atoms in total. The van der Waals surface area contributed by atoms with Crippen LogP contribution in [0.25, 0.3) is 0 Å². The summed E-state index contributed by atoms with van der Waals surface area (Å²) in [5, 5.41) is 2.77. The van der Waals surface area contributed by atoms with Gasteiger partial charge in [-0.1, -0.05) is 6.92 Å². The van der Waals surface area contributed by atoms with Gasteiger partial charge in [-0.25, -0.2) is 0 Å². The van der Waals surface area contributed by atoms with E-state index in [2.05, 4.69) is 5.32 Å². The summed E-state index contributed by atoms with van der Waals surface area (Å²) in [5.41, 5.74) is -1.30. The van der Waals surface area contributed by atoms with Crippen molar-refractivity contribution in [3.63, 3.8) is 0 Å². The van der Waals surface area contributed by atoms with E-state index in [1.54, 1.807) is 25.9 Å². The number of piperazine rings is 1. The van der Waals surface area contributed by atoms with Crippen LogP contribution >= 0.6 is 0 Å². The van der Waals surface area contributed by atoms with Gasteiger partial charge in [-0.05, 0) is 34.1 Å². The van der Waals surface area contributed by atoms with Gasteiger partial charge in [-0.3, -0.25) is 9.59 Å². The average Bonchev–Trinajstić information content (AvgIpc) is 2.25. The predicted octanol–water partition coefficient (Wildman–Crippen LogP) is 0.927. The van der Waals surface area contributed by atoms with Crippen LogP contribution in [0.4, 0.5) is 0 Å². The number of ether oxygens (including phenoxy) is 1. The van der Waals surface area contributed by atoms with Gasteiger partial charge in [0.1, 0.15) is 11.6 Å². The monoisotopic (exact) mass is 256 g/mol. The van der Waals surface area contributed by atoms with Crippen molar-refractivity contribution in [2.75, 3.05) is 13.7 Å². The lowest BCUT2D eigenvalue weighted by atomic mass is 9.94. The van der Waals surface area contributed by atoms with E-state index in [0.717, 1.165) is 0 Å². The molecule has 1 N–H and O–H groups in total. The molecular formula is C13H24N2O3. The lowest BCUT2D eigenvalue weighted by Gasteiger charge is -2.45. The molecule has 1 atom stereocenters. The first kappa shape index (κ1) is 15.0. The SMILES string of the molecule is CCC1C(=O)NC(C)(C)C(=O)N1CC(C)(C)OC. The van der Waals surface area contributed by atoms with Crippen molar-refractivity contribution >= 4 is 11.8 Å². The number of nitrogens with zero attached hydrogens (tertiary/aromatic N) is 1. The average molecular weight is 256 g/mol. The number of methoxy groups -OCH3 is 1. The Labute approximate surface area is 109 Å². The molecule has 1 unspecified atom stereocenters. The minimum atomic E-state index is -0.841. The molecule has 1 rings (SSSR count). The third-order valence-corrected chi connectivity index (χ3v) is 3.40. The van der Waals surface area contributed by atoms with E-state index in [4.69, 9.17) is 4.74 Å². The second-order valence-electron chi connectivity index (χ2n) is 5.94. The zero-order valence-corrected chi connectivity index (χ0v) is 12.2. The van der Waals surface area contributed by atoms with Gasteiger partial charge in [-0.2, -0.15) is 0 Å². The maximum Gasteiger partial charge on any atom is 0.248 e. The van der Waals surface area contributed by atoms with E-state index >= 15 is 0 Å². The third kappa shape index (κ3) is 2.83. The van der Waals surface area contributed by atoms with Crippen LogP contribution in [-0.2, 0) is 14.3 Å². The number of rotatable bonds is 4. The molecular weight excluding hydrogens is 232 g/mol. The second-order valence-corrected chi connectivity index (χ2v) is 5.94. The molecule has 18 heavy (non-hydrogen) atoms. The molecule has 0 aliphatic carbocycles. The molecule has 1 aliphatic rings. The molecule has 0 aromatic heterocycles.